The van der Waals surface area contributed by atoms with Crippen LogP contribution in [0.1, 0.15) is 31.1 Å². The molecule has 0 bridgehead atoms. The van der Waals surface area contributed by atoms with Crippen molar-refractivity contribution in [2.75, 3.05) is 0 Å². The zero-order chi connectivity index (χ0) is 11.0. The quantitative estimate of drug-likeness (QED) is 0.679. The fourth-order valence-corrected chi connectivity index (χ4v) is 1.91. The number of phenols is 1. The topological polar surface area (TPSA) is 40.5 Å². The first-order chi connectivity index (χ1) is 7.11. The van der Waals surface area contributed by atoms with Crippen LogP contribution in [0.2, 0.25) is 0 Å². The maximum Gasteiger partial charge on any atom is 0.122 e. The van der Waals surface area contributed by atoms with Crippen LogP contribution in [0.4, 0.5) is 0 Å². The minimum Gasteiger partial charge on any atom is -0.508 e. The van der Waals surface area contributed by atoms with Gasteiger partial charge >= 0.3 is 0 Å². The summed E-state index contributed by atoms with van der Waals surface area (Å²) in [6.07, 6.45) is 2.90. The summed E-state index contributed by atoms with van der Waals surface area (Å²) in [5, 5.41) is 19.5. The van der Waals surface area contributed by atoms with Gasteiger partial charge in [0.2, 0.25) is 0 Å². The smallest absolute Gasteiger partial charge is 0.122 e. The van der Waals surface area contributed by atoms with Crippen molar-refractivity contribution in [3.63, 3.8) is 0 Å². The highest BCUT2D eigenvalue weighted by atomic mass is 16.3. The molecule has 1 aromatic rings. The lowest BCUT2D eigenvalue weighted by atomic mass is 9.88. The van der Waals surface area contributed by atoms with Crippen molar-refractivity contribution in [2.24, 2.45) is 0 Å². The fraction of sp³-hybridized carbons (Fsp3) is 0.231. The third-order valence-electron chi connectivity index (χ3n) is 2.65. The second kappa shape index (κ2) is 3.55. The molecule has 0 amide bonds. The van der Waals surface area contributed by atoms with Crippen molar-refractivity contribution in [1.29, 1.82) is 0 Å². The number of rotatable bonds is 0. The van der Waals surface area contributed by atoms with Gasteiger partial charge in [-0.2, -0.15) is 0 Å². The molecule has 1 aromatic carbocycles. The van der Waals surface area contributed by atoms with Crippen molar-refractivity contribution >= 4 is 5.57 Å². The molecule has 0 radical (unpaired) electrons. The lowest BCUT2D eigenvalue weighted by Gasteiger charge is -2.20. The molecule has 2 heteroatoms. The van der Waals surface area contributed by atoms with Gasteiger partial charge in [0.1, 0.15) is 11.9 Å². The van der Waals surface area contributed by atoms with Crippen molar-refractivity contribution in [3.8, 4) is 5.75 Å². The summed E-state index contributed by atoms with van der Waals surface area (Å²) < 4.78 is 0. The molecule has 15 heavy (non-hydrogen) atoms. The van der Waals surface area contributed by atoms with Crippen molar-refractivity contribution in [2.45, 2.75) is 20.0 Å². The largest absolute Gasteiger partial charge is 0.508 e. The summed E-state index contributed by atoms with van der Waals surface area (Å²) in [5.74, 6) is 0.156. The van der Waals surface area contributed by atoms with Gasteiger partial charge in [-0.15, -0.1) is 0 Å². The van der Waals surface area contributed by atoms with E-state index in [0.717, 1.165) is 11.1 Å². The molecule has 0 heterocycles. The molecular weight excluding hydrogens is 188 g/mol. The van der Waals surface area contributed by atoms with Crippen LogP contribution < -0.4 is 0 Å². The van der Waals surface area contributed by atoms with Crippen LogP contribution in [-0.2, 0) is 0 Å². The van der Waals surface area contributed by atoms with E-state index in [-0.39, 0.29) is 5.75 Å². The zero-order valence-electron chi connectivity index (χ0n) is 8.86. The van der Waals surface area contributed by atoms with Crippen LogP contribution in [-0.4, -0.2) is 10.2 Å². The van der Waals surface area contributed by atoms with Gasteiger partial charge in [-0.25, -0.2) is 0 Å². The molecule has 0 aromatic heterocycles. The van der Waals surface area contributed by atoms with E-state index < -0.39 is 6.10 Å². The highest BCUT2D eigenvalue weighted by Gasteiger charge is 2.20. The molecule has 1 atom stereocenters. The van der Waals surface area contributed by atoms with Crippen molar-refractivity contribution < 1.29 is 10.2 Å². The average Bonchev–Trinajstić information content (AvgIpc) is 2.17. The molecule has 0 saturated heterocycles. The van der Waals surface area contributed by atoms with Gasteiger partial charge in [0.25, 0.3) is 0 Å². The van der Waals surface area contributed by atoms with E-state index in [1.54, 1.807) is 18.2 Å². The van der Waals surface area contributed by atoms with E-state index >= 15 is 0 Å². The number of phenolic OH excluding ortho intramolecular Hbond substituents is 1. The summed E-state index contributed by atoms with van der Waals surface area (Å²) >= 11 is 0. The summed E-state index contributed by atoms with van der Waals surface area (Å²) in [4.78, 5) is 0. The number of hydrogen-bond donors (Lipinski definition) is 2. The first-order valence-electron chi connectivity index (χ1n) is 4.97. The highest BCUT2D eigenvalue weighted by Crippen LogP contribution is 2.38. The van der Waals surface area contributed by atoms with Crippen LogP contribution in [0.5, 0.6) is 5.75 Å². The van der Waals surface area contributed by atoms with Crippen LogP contribution in [0, 0.1) is 0 Å². The summed E-state index contributed by atoms with van der Waals surface area (Å²) in [7, 11) is 0. The predicted octanol–water partition coefficient (Wildman–Crippen LogP) is 2.79. The number of aliphatic hydroxyl groups is 1. The Bertz CT molecular complexity index is 452. The monoisotopic (exact) mass is 202 g/mol. The van der Waals surface area contributed by atoms with E-state index in [0.29, 0.717) is 5.56 Å². The molecule has 78 valence electrons. The molecule has 2 N–H and O–H groups in total. The molecule has 1 unspecified atom stereocenters. The number of aromatic hydroxyl groups is 1. The molecule has 2 nitrogen and oxygen atoms in total. The van der Waals surface area contributed by atoms with Crippen molar-refractivity contribution in [3.05, 3.63) is 47.1 Å². The second-order valence-electron chi connectivity index (χ2n) is 3.96. The average molecular weight is 202 g/mol. The Morgan fingerprint density at radius 2 is 2.00 bits per heavy atom. The van der Waals surface area contributed by atoms with E-state index in [1.165, 1.54) is 5.57 Å². The van der Waals surface area contributed by atoms with Gasteiger partial charge in [-0.1, -0.05) is 29.9 Å². The lowest BCUT2D eigenvalue weighted by molar-refractivity contribution is 0.222. The SMILES string of the molecule is CC(C)=C1C=CC(O)c2c(O)cccc21. The van der Waals surface area contributed by atoms with Gasteiger partial charge in [0.05, 0.1) is 0 Å². The molecule has 2 rings (SSSR count). The van der Waals surface area contributed by atoms with Gasteiger partial charge in [-0.3, -0.25) is 0 Å². The zero-order valence-corrected chi connectivity index (χ0v) is 8.86. The van der Waals surface area contributed by atoms with Crippen LogP contribution in [0.15, 0.2) is 35.9 Å². The Hall–Kier alpha value is -1.54. The Morgan fingerprint density at radius 3 is 2.67 bits per heavy atom. The first kappa shape index (κ1) is 9.99. The van der Waals surface area contributed by atoms with Crippen molar-refractivity contribution in [1.82, 2.24) is 0 Å². The third kappa shape index (κ3) is 1.57. The Morgan fingerprint density at radius 1 is 1.27 bits per heavy atom. The number of aliphatic hydroxyl groups excluding tert-OH is 1. The normalized spacial score (nSPS) is 18.9. The fourth-order valence-electron chi connectivity index (χ4n) is 1.91. The number of benzene rings is 1. The molecule has 0 saturated carbocycles. The Kier molecular flexibility index (Phi) is 2.37. The summed E-state index contributed by atoms with van der Waals surface area (Å²) in [6.45, 7) is 4.04. The van der Waals surface area contributed by atoms with E-state index in [1.807, 2.05) is 26.0 Å². The first-order valence-corrected chi connectivity index (χ1v) is 4.97. The Labute approximate surface area is 89.2 Å². The van der Waals surface area contributed by atoms with E-state index in [2.05, 4.69) is 0 Å². The van der Waals surface area contributed by atoms with E-state index in [9.17, 15) is 10.2 Å². The molecule has 0 spiro atoms. The maximum absolute atomic E-state index is 9.77. The number of allylic oxidation sites excluding steroid dienone is 3. The Balaban J connectivity index is 2.72. The maximum atomic E-state index is 9.77. The summed E-state index contributed by atoms with van der Waals surface area (Å²) in [5.41, 5.74) is 3.78. The van der Waals surface area contributed by atoms with Gasteiger partial charge in [0.15, 0.2) is 0 Å². The highest BCUT2D eigenvalue weighted by molar-refractivity contribution is 5.81. The molecular formula is C13H14O2. The van der Waals surface area contributed by atoms with Crippen LogP contribution in [0.3, 0.4) is 0 Å². The number of hydrogen-bond acceptors (Lipinski definition) is 2. The predicted molar refractivity (Wildman–Crippen MR) is 60.5 cm³/mol. The van der Waals surface area contributed by atoms with Gasteiger partial charge < -0.3 is 10.2 Å². The minimum atomic E-state index is -0.704. The minimum absolute atomic E-state index is 0.156. The summed E-state index contributed by atoms with van der Waals surface area (Å²) in [6, 6.07) is 5.32. The van der Waals surface area contributed by atoms with Crippen LogP contribution in [0.25, 0.3) is 5.57 Å². The molecule has 0 fully saturated rings. The molecule has 1 aliphatic rings. The van der Waals surface area contributed by atoms with Gasteiger partial charge in [0, 0.05) is 5.56 Å². The molecule has 1 aliphatic carbocycles. The third-order valence-corrected chi connectivity index (χ3v) is 2.65. The second-order valence-corrected chi connectivity index (χ2v) is 3.96. The van der Waals surface area contributed by atoms with Gasteiger partial charge in [-0.05, 0) is 31.1 Å². The number of fused-ring (bicyclic) bond motifs is 1. The lowest BCUT2D eigenvalue weighted by Crippen LogP contribution is -2.04. The van der Waals surface area contributed by atoms with E-state index in [4.69, 9.17) is 0 Å². The standard InChI is InChI=1S/C13H14O2/c1-8(2)9-6-7-12(15)13-10(9)4-3-5-11(13)14/h3-7,12,14-15H,1-2H3. The van der Waals surface area contributed by atoms with Crippen LogP contribution >= 0.6 is 0 Å². The molecule has 0 aliphatic heterocycles.